The summed E-state index contributed by atoms with van der Waals surface area (Å²) >= 11 is 0. The number of piperidine rings is 1. The van der Waals surface area contributed by atoms with Crippen LogP contribution in [0, 0.1) is 6.92 Å². The Kier molecular flexibility index (Phi) is 3.87. The molecule has 6 nitrogen and oxygen atoms in total. The molecular formula is C19H19N3O3. The second-order valence-electron chi connectivity index (χ2n) is 6.53. The molecule has 0 bridgehead atoms. The van der Waals surface area contributed by atoms with Gasteiger partial charge in [0.1, 0.15) is 11.3 Å². The number of aryl methyl sites for hydroxylation is 1. The van der Waals surface area contributed by atoms with Gasteiger partial charge in [0, 0.05) is 41.8 Å². The lowest BCUT2D eigenvalue weighted by molar-refractivity contribution is 0.0706. The summed E-state index contributed by atoms with van der Waals surface area (Å²) in [6, 6.07) is 9.29. The van der Waals surface area contributed by atoms with Gasteiger partial charge in [-0.15, -0.1) is 0 Å². The number of rotatable bonds is 2. The van der Waals surface area contributed by atoms with E-state index in [-0.39, 0.29) is 17.5 Å². The summed E-state index contributed by atoms with van der Waals surface area (Å²) in [5.74, 6) is 0.981. The summed E-state index contributed by atoms with van der Waals surface area (Å²) in [7, 11) is 0. The van der Waals surface area contributed by atoms with Crippen LogP contribution in [0.3, 0.4) is 0 Å². The summed E-state index contributed by atoms with van der Waals surface area (Å²) in [6.45, 7) is 3.22. The second kappa shape index (κ2) is 6.20. The number of aromatic amines is 1. The first-order valence-corrected chi connectivity index (χ1v) is 8.45. The fraction of sp³-hybridized carbons (Fsp3) is 0.316. The number of furan rings is 1. The molecule has 0 saturated carbocycles. The van der Waals surface area contributed by atoms with Gasteiger partial charge in [-0.1, -0.05) is 0 Å². The van der Waals surface area contributed by atoms with Crippen molar-refractivity contribution in [1.29, 1.82) is 0 Å². The molecule has 1 fully saturated rings. The summed E-state index contributed by atoms with van der Waals surface area (Å²) in [5.41, 5.74) is 1.96. The zero-order valence-corrected chi connectivity index (χ0v) is 14.0. The maximum Gasteiger partial charge on any atom is 0.345 e. The lowest BCUT2D eigenvalue weighted by atomic mass is 9.94. The topological polar surface area (TPSA) is 79.2 Å². The molecule has 0 spiro atoms. The van der Waals surface area contributed by atoms with Gasteiger partial charge in [-0.3, -0.25) is 4.79 Å². The summed E-state index contributed by atoms with van der Waals surface area (Å²) in [4.78, 5) is 32.7. The summed E-state index contributed by atoms with van der Waals surface area (Å²) in [5, 5.41) is 0.940. The Labute approximate surface area is 144 Å². The number of carbonyl (C=O) groups is 1. The number of carbonyl (C=O) groups excluding carboxylic acids is 1. The number of hydrogen-bond donors (Lipinski definition) is 1. The zero-order valence-electron chi connectivity index (χ0n) is 14.0. The van der Waals surface area contributed by atoms with Crippen LogP contribution in [0.4, 0.5) is 0 Å². The van der Waals surface area contributed by atoms with E-state index < -0.39 is 0 Å². The van der Waals surface area contributed by atoms with Gasteiger partial charge in [0.05, 0.1) is 0 Å². The van der Waals surface area contributed by atoms with Crippen molar-refractivity contribution in [2.45, 2.75) is 25.7 Å². The van der Waals surface area contributed by atoms with Gasteiger partial charge in [0.25, 0.3) is 5.91 Å². The van der Waals surface area contributed by atoms with Crippen molar-refractivity contribution in [3.8, 4) is 0 Å². The molecule has 6 heteroatoms. The van der Waals surface area contributed by atoms with E-state index >= 15 is 0 Å². The summed E-state index contributed by atoms with van der Waals surface area (Å²) < 4.78 is 5.57. The van der Waals surface area contributed by atoms with Crippen molar-refractivity contribution in [3.63, 3.8) is 0 Å². The van der Waals surface area contributed by atoms with Crippen molar-refractivity contribution in [2.24, 2.45) is 0 Å². The minimum Gasteiger partial charge on any atom is -0.461 e. The average Bonchev–Trinajstić information content (AvgIpc) is 3.00. The number of likely N-dealkylation sites (tertiary alicyclic amines) is 1. The van der Waals surface area contributed by atoms with Crippen LogP contribution in [-0.4, -0.2) is 33.9 Å². The van der Waals surface area contributed by atoms with Crippen LogP contribution in [0.2, 0.25) is 0 Å². The highest BCUT2D eigenvalue weighted by Crippen LogP contribution is 2.27. The Hall–Kier alpha value is -2.89. The number of H-pyrrole nitrogens is 1. The highest BCUT2D eigenvalue weighted by atomic mass is 16.3. The normalized spacial score (nSPS) is 17.8. The minimum atomic E-state index is -0.346. The molecule has 0 aliphatic carbocycles. The van der Waals surface area contributed by atoms with E-state index in [1.165, 1.54) is 6.20 Å². The monoisotopic (exact) mass is 337 g/mol. The molecule has 25 heavy (non-hydrogen) atoms. The first kappa shape index (κ1) is 15.6. The third-order valence-electron chi connectivity index (χ3n) is 4.73. The van der Waals surface area contributed by atoms with E-state index in [9.17, 15) is 9.59 Å². The molecule has 1 unspecified atom stereocenters. The highest BCUT2D eigenvalue weighted by Gasteiger charge is 2.26. The molecule has 1 aromatic carbocycles. The van der Waals surface area contributed by atoms with E-state index in [4.69, 9.17) is 4.42 Å². The van der Waals surface area contributed by atoms with Crippen LogP contribution >= 0.6 is 0 Å². The quantitative estimate of drug-likeness (QED) is 0.780. The Morgan fingerprint density at radius 2 is 2.20 bits per heavy atom. The van der Waals surface area contributed by atoms with Crippen molar-refractivity contribution in [1.82, 2.24) is 14.9 Å². The first-order chi connectivity index (χ1) is 12.1. The lowest BCUT2D eigenvalue weighted by Crippen LogP contribution is -2.39. The lowest BCUT2D eigenvalue weighted by Gasteiger charge is -2.32. The number of fused-ring (bicyclic) bond motifs is 1. The van der Waals surface area contributed by atoms with E-state index in [2.05, 4.69) is 9.97 Å². The van der Waals surface area contributed by atoms with Crippen molar-refractivity contribution in [2.75, 3.05) is 13.1 Å². The van der Waals surface area contributed by atoms with Crippen LogP contribution in [-0.2, 0) is 0 Å². The SMILES string of the molecule is Cc1cc2cc(C(=O)N3CCCC(c4ccnc(=O)[nH]4)C3)ccc2o1. The van der Waals surface area contributed by atoms with Gasteiger partial charge in [-0.05, 0) is 50.1 Å². The maximum absolute atomic E-state index is 12.9. The smallest absolute Gasteiger partial charge is 0.345 e. The number of benzene rings is 1. The van der Waals surface area contributed by atoms with E-state index in [1.807, 2.05) is 42.2 Å². The fourth-order valence-electron chi connectivity index (χ4n) is 3.53. The Morgan fingerprint density at radius 3 is 3.04 bits per heavy atom. The van der Waals surface area contributed by atoms with Crippen LogP contribution in [0.25, 0.3) is 11.0 Å². The highest BCUT2D eigenvalue weighted by molar-refractivity contribution is 5.98. The number of amides is 1. The molecule has 3 aromatic rings. The molecule has 1 aliphatic rings. The Morgan fingerprint density at radius 1 is 1.32 bits per heavy atom. The molecule has 1 saturated heterocycles. The fourth-order valence-corrected chi connectivity index (χ4v) is 3.53. The van der Waals surface area contributed by atoms with Gasteiger partial charge in [0.15, 0.2) is 0 Å². The van der Waals surface area contributed by atoms with Crippen molar-refractivity contribution in [3.05, 3.63) is 64.0 Å². The third kappa shape index (κ3) is 3.07. The predicted molar refractivity (Wildman–Crippen MR) is 93.7 cm³/mol. The standard InChI is InChI=1S/C19H19N3O3/c1-12-9-15-10-13(4-5-17(15)25-12)18(23)22-8-2-3-14(11-22)16-6-7-20-19(24)21-16/h4-7,9-10,14H,2-3,8,11H2,1H3,(H,20,21,24). The predicted octanol–water partition coefficient (Wildman–Crippen LogP) is 2.84. The van der Waals surface area contributed by atoms with Crippen molar-refractivity contribution < 1.29 is 9.21 Å². The van der Waals surface area contributed by atoms with Gasteiger partial charge >= 0.3 is 5.69 Å². The molecule has 4 rings (SSSR count). The van der Waals surface area contributed by atoms with E-state index in [0.29, 0.717) is 12.1 Å². The third-order valence-corrected chi connectivity index (χ3v) is 4.73. The first-order valence-electron chi connectivity index (χ1n) is 8.45. The Bertz CT molecular complexity index is 989. The van der Waals surface area contributed by atoms with Gasteiger partial charge in [-0.2, -0.15) is 0 Å². The molecule has 1 atom stereocenters. The largest absolute Gasteiger partial charge is 0.461 e. The molecular weight excluding hydrogens is 318 g/mol. The molecule has 3 heterocycles. The zero-order chi connectivity index (χ0) is 17.4. The second-order valence-corrected chi connectivity index (χ2v) is 6.53. The number of nitrogens with zero attached hydrogens (tertiary/aromatic N) is 2. The van der Waals surface area contributed by atoms with Crippen LogP contribution in [0.1, 0.15) is 40.6 Å². The van der Waals surface area contributed by atoms with E-state index in [1.54, 1.807) is 0 Å². The van der Waals surface area contributed by atoms with E-state index in [0.717, 1.165) is 41.8 Å². The van der Waals surface area contributed by atoms with Crippen LogP contribution < -0.4 is 5.69 Å². The van der Waals surface area contributed by atoms with Gasteiger partial charge in [-0.25, -0.2) is 9.78 Å². The molecule has 128 valence electrons. The van der Waals surface area contributed by atoms with Crippen LogP contribution in [0.15, 0.2) is 45.7 Å². The minimum absolute atomic E-state index is 0.0156. The average molecular weight is 337 g/mol. The summed E-state index contributed by atoms with van der Waals surface area (Å²) in [6.07, 6.45) is 3.38. The molecule has 1 amide bonds. The molecule has 1 N–H and O–H groups in total. The maximum atomic E-state index is 12.9. The molecule has 1 aliphatic heterocycles. The number of nitrogens with one attached hydrogen (secondary N) is 1. The van der Waals surface area contributed by atoms with Gasteiger partial charge < -0.3 is 14.3 Å². The number of aromatic nitrogens is 2. The number of hydrogen-bond acceptors (Lipinski definition) is 4. The van der Waals surface area contributed by atoms with Crippen molar-refractivity contribution >= 4 is 16.9 Å². The molecule has 2 aromatic heterocycles. The molecule has 0 radical (unpaired) electrons. The van der Waals surface area contributed by atoms with Crippen LogP contribution in [0.5, 0.6) is 0 Å². The van der Waals surface area contributed by atoms with Gasteiger partial charge in [0.2, 0.25) is 0 Å². The Balaban J connectivity index is 1.57.